The topological polar surface area (TPSA) is 51.2 Å². The van der Waals surface area contributed by atoms with Crippen molar-refractivity contribution in [1.29, 1.82) is 0 Å². The van der Waals surface area contributed by atoms with Crippen molar-refractivity contribution in [3.8, 4) is 22.6 Å². The number of hydrogen-bond acceptors (Lipinski definition) is 5. The third-order valence-corrected chi connectivity index (χ3v) is 4.55. The number of β-amino-alcohol motifs (C(OH)–C–C–N with tert-alkyl or cyclic N) is 1. The summed E-state index contributed by atoms with van der Waals surface area (Å²) in [6.07, 6.45) is -0.501. The molecule has 134 valence electrons. The van der Waals surface area contributed by atoms with Gasteiger partial charge in [-0.05, 0) is 29.3 Å². The average molecular weight is 343 g/mol. The van der Waals surface area contributed by atoms with Gasteiger partial charge < -0.3 is 19.3 Å². The first-order chi connectivity index (χ1) is 12.2. The van der Waals surface area contributed by atoms with Gasteiger partial charge in [-0.1, -0.05) is 24.3 Å². The van der Waals surface area contributed by atoms with Gasteiger partial charge in [0, 0.05) is 25.2 Å². The van der Waals surface area contributed by atoms with Crippen molar-refractivity contribution in [3.63, 3.8) is 0 Å². The zero-order valence-electron chi connectivity index (χ0n) is 14.8. The minimum atomic E-state index is -0.501. The fourth-order valence-corrected chi connectivity index (χ4v) is 3.06. The molecular weight excluding hydrogens is 318 g/mol. The van der Waals surface area contributed by atoms with Crippen molar-refractivity contribution >= 4 is 0 Å². The van der Waals surface area contributed by atoms with Gasteiger partial charge in [0.15, 0.2) is 0 Å². The van der Waals surface area contributed by atoms with Gasteiger partial charge in [0.25, 0.3) is 0 Å². The van der Waals surface area contributed by atoms with Gasteiger partial charge in [0.2, 0.25) is 0 Å². The van der Waals surface area contributed by atoms with E-state index in [0.29, 0.717) is 6.54 Å². The van der Waals surface area contributed by atoms with Crippen LogP contribution in [0.2, 0.25) is 0 Å². The molecule has 5 nitrogen and oxygen atoms in total. The summed E-state index contributed by atoms with van der Waals surface area (Å²) in [5.41, 5.74) is 2.91. The zero-order valence-corrected chi connectivity index (χ0v) is 14.8. The smallest absolute Gasteiger partial charge is 0.126 e. The Bertz CT molecular complexity index is 681. The predicted molar refractivity (Wildman–Crippen MR) is 97.2 cm³/mol. The summed E-state index contributed by atoms with van der Waals surface area (Å²) in [5.74, 6) is 1.58. The summed E-state index contributed by atoms with van der Waals surface area (Å²) in [7, 11) is 3.31. The molecule has 25 heavy (non-hydrogen) atoms. The second-order valence-electron chi connectivity index (χ2n) is 6.12. The van der Waals surface area contributed by atoms with Gasteiger partial charge in [-0.3, -0.25) is 4.90 Å². The molecule has 2 aromatic carbocycles. The van der Waals surface area contributed by atoms with Crippen LogP contribution in [0.3, 0.4) is 0 Å². The highest BCUT2D eigenvalue weighted by Gasteiger charge is 2.16. The SMILES string of the molecule is COc1ccc(OC)c(-c2ccc(C(O)CN3CCOCC3)cc2)c1. The van der Waals surface area contributed by atoms with E-state index in [9.17, 15) is 5.11 Å². The Kier molecular flexibility index (Phi) is 5.91. The maximum absolute atomic E-state index is 10.5. The minimum absolute atomic E-state index is 0.501. The first-order valence-electron chi connectivity index (χ1n) is 8.52. The Hall–Kier alpha value is -2.08. The van der Waals surface area contributed by atoms with E-state index in [1.54, 1.807) is 14.2 Å². The molecule has 1 atom stereocenters. The standard InChI is InChI=1S/C20H25NO4/c1-23-17-7-8-20(24-2)18(13-17)15-3-5-16(6-4-15)19(22)14-21-9-11-25-12-10-21/h3-8,13,19,22H,9-12,14H2,1-2H3. The molecule has 1 aliphatic rings. The lowest BCUT2D eigenvalue weighted by Crippen LogP contribution is -2.38. The van der Waals surface area contributed by atoms with Crippen LogP contribution in [0.1, 0.15) is 11.7 Å². The highest BCUT2D eigenvalue weighted by atomic mass is 16.5. The number of benzene rings is 2. The first kappa shape index (κ1) is 17.7. The molecule has 0 radical (unpaired) electrons. The minimum Gasteiger partial charge on any atom is -0.497 e. The molecule has 1 N–H and O–H groups in total. The van der Waals surface area contributed by atoms with Crippen LogP contribution in [0.25, 0.3) is 11.1 Å². The second-order valence-corrected chi connectivity index (χ2v) is 6.12. The average Bonchev–Trinajstić information content (AvgIpc) is 2.68. The van der Waals surface area contributed by atoms with Crippen molar-refractivity contribution in [2.75, 3.05) is 47.1 Å². The summed E-state index contributed by atoms with van der Waals surface area (Å²) in [6.45, 7) is 3.85. The van der Waals surface area contributed by atoms with Crippen molar-refractivity contribution < 1.29 is 19.3 Å². The number of methoxy groups -OCH3 is 2. The van der Waals surface area contributed by atoms with Gasteiger partial charge >= 0.3 is 0 Å². The van der Waals surface area contributed by atoms with Crippen molar-refractivity contribution in [2.45, 2.75) is 6.10 Å². The number of morpholine rings is 1. The fourth-order valence-electron chi connectivity index (χ4n) is 3.06. The molecule has 0 saturated carbocycles. The third kappa shape index (κ3) is 4.31. The molecule has 3 rings (SSSR count). The van der Waals surface area contributed by atoms with Gasteiger partial charge in [-0.2, -0.15) is 0 Å². The lowest BCUT2D eigenvalue weighted by molar-refractivity contribution is 0.0143. The molecule has 2 aromatic rings. The molecule has 0 spiro atoms. The molecular formula is C20H25NO4. The van der Waals surface area contributed by atoms with Gasteiger partial charge in [-0.25, -0.2) is 0 Å². The Morgan fingerprint density at radius 2 is 1.76 bits per heavy atom. The molecule has 0 amide bonds. The van der Waals surface area contributed by atoms with E-state index < -0.39 is 6.10 Å². The maximum atomic E-state index is 10.5. The molecule has 0 aromatic heterocycles. The van der Waals surface area contributed by atoms with Gasteiger partial charge in [-0.15, -0.1) is 0 Å². The Morgan fingerprint density at radius 1 is 1.04 bits per heavy atom. The van der Waals surface area contributed by atoms with Crippen LogP contribution in [0.15, 0.2) is 42.5 Å². The highest BCUT2D eigenvalue weighted by Crippen LogP contribution is 2.34. The van der Waals surface area contributed by atoms with Crippen LogP contribution in [0.4, 0.5) is 0 Å². The second kappa shape index (κ2) is 8.34. The Labute approximate surface area is 148 Å². The number of aliphatic hydroxyl groups excluding tert-OH is 1. The summed E-state index contributed by atoms with van der Waals surface area (Å²) < 4.78 is 16.1. The summed E-state index contributed by atoms with van der Waals surface area (Å²) in [4.78, 5) is 2.23. The maximum Gasteiger partial charge on any atom is 0.126 e. The molecule has 5 heteroatoms. The van der Waals surface area contributed by atoms with Crippen molar-refractivity contribution in [1.82, 2.24) is 4.90 Å². The summed E-state index contributed by atoms with van der Waals surface area (Å²) >= 11 is 0. The molecule has 1 aliphatic heterocycles. The van der Waals surface area contributed by atoms with E-state index in [2.05, 4.69) is 4.90 Å². The lowest BCUT2D eigenvalue weighted by atomic mass is 10.0. The molecule has 1 saturated heterocycles. The monoisotopic (exact) mass is 343 g/mol. The van der Waals surface area contributed by atoms with Crippen LogP contribution in [0.5, 0.6) is 11.5 Å². The number of aliphatic hydroxyl groups is 1. The van der Waals surface area contributed by atoms with Crippen LogP contribution in [-0.4, -0.2) is 57.1 Å². The molecule has 0 bridgehead atoms. The molecule has 0 aliphatic carbocycles. The Balaban J connectivity index is 1.75. The quantitative estimate of drug-likeness (QED) is 0.874. The predicted octanol–water partition coefficient (Wildman–Crippen LogP) is 2.74. The number of nitrogens with zero attached hydrogens (tertiary/aromatic N) is 1. The molecule has 1 heterocycles. The normalized spacial score (nSPS) is 16.4. The molecule has 1 fully saturated rings. The summed E-state index contributed by atoms with van der Waals surface area (Å²) in [5, 5.41) is 10.5. The first-order valence-corrected chi connectivity index (χ1v) is 8.52. The largest absolute Gasteiger partial charge is 0.497 e. The summed E-state index contributed by atoms with van der Waals surface area (Å²) in [6, 6.07) is 13.7. The van der Waals surface area contributed by atoms with Gasteiger partial charge in [0.05, 0.1) is 33.5 Å². The van der Waals surface area contributed by atoms with Crippen LogP contribution in [-0.2, 0) is 4.74 Å². The van der Waals surface area contributed by atoms with E-state index in [1.807, 2.05) is 42.5 Å². The van der Waals surface area contributed by atoms with Gasteiger partial charge in [0.1, 0.15) is 11.5 Å². The van der Waals surface area contributed by atoms with E-state index in [1.165, 1.54) is 0 Å². The highest BCUT2D eigenvalue weighted by molar-refractivity contribution is 5.72. The number of rotatable bonds is 6. The third-order valence-electron chi connectivity index (χ3n) is 4.55. The van der Waals surface area contributed by atoms with E-state index in [0.717, 1.165) is 54.5 Å². The number of ether oxygens (including phenoxy) is 3. The van der Waals surface area contributed by atoms with Crippen LogP contribution >= 0.6 is 0 Å². The zero-order chi connectivity index (χ0) is 17.6. The van der Waals surface area contributed by atoms with E-state index in [-0.39, 0.29) is 0 Å². The van der Waals surface area contributed by atoms with E-state index in [4.69, 9.17) is 14.2 Å². The van der Waals surface area contributed by atoms with Crippen LogP contribution in [0, 0.1) is 0 Å². The van der Waals surface area contributed by atoms with Crippen molar-refractivity contribution in [2.24, 2.45) is 0 Å². The van der Waals surface area contributed by atoms with E-state index >= 15 is 0 Å². The van der Waals surface area contributed by atoms with Crippen LogP contribution < -0.4 is 9.47 Å². The molecule has 1 unspecified atom stereocenters. The number of hydrogen-bond donors (Lipinski definition) is 1. The van der Waals surface area contributed by atoms with Crippen molar-refractivity contribution in [3.05, 3.63) is 48.0 Å². The fraction of sp³-hybridized carbons (Fsp3) is 0.400. The lowest BCUT2D eigenvalue weighted by Gasteiger charge is -2.28. The Morgan fingerprint density at radius 3 is 2.40 bits per heavy atom.